The smallest absolute Gasteiger partial charge is 0.125 e. The lowest BCUT2D eigenvalue weighted by Crippen LogP contribution is -1.83. The fraction of sp³-hybridized carbons (Fsp3) is 0. The van der Waals surface area contributed by atoms with Crippen LogP contribution in [0.4, 0.5) is 4.39 Å². The minimum Gasteiger partial charge on any atom is -0.508 e. The van der Waals surface area contributed by atoms with E-state index < -0.39 is 5.82 Å². The first-order chi connectivity index (χ1) is 7.69. The Morgan fingerprint density at radius 3 is 2.31 bits per heavy atom. The predicted octanol–water partition coefficient (Wildman–Crippen LogP) is 3.07. The van der Waals surface area contributed by atoms with Gasteiger partial charge in [0.2, 0.25) is 0 Å². The van der Waals surface area contributed by atoms with Gasteiger partial charge in [-0.3, -0.25) is 0 Å². The highest BCUT2D eigenvalue weighted by Gasteiger charge is 2.02. The van der Waals surface area contributed by atoms with Crippen LogP contribution in [0.5, 0.6) is 5.75 Å². The normalized spacial score (nSPS) is 9.75. The molecule has 0 fully saturated rings. The highest BCUT2D eigenvalue weighted by Crippen LogP contribution is 2.23. The highest BCUT2D eigenvalue weighted by molar-refractivity contribution is 5.65. The summed E-state index contributed by atoms with van der Waals surface area (Å²) in [5, 5.41) is 17.9. The molecule has 0 spiro atoms. The molecule has 2 rings (SSSR count). The zero-order valence-electron chi connectivity index (χ0n) is 8.31. The van der Waals surface area contributed by atoms with Gasteiger partial charge in [0.05, 0.1) is 11.6 Å². The Labute approximate surface area is 92.2 Å². The summed E-state index contributed by atoms with van der Waals surface area (Å²) >= 11 is 0. The third-order valence-corrected chi connectivity index (χ3v) is 2.23. The van der Waals surface area contributed by atoms with Crippen LogP contribution in [0.15, 0.2) is 42.5 Å². The van der Waals surface area contributed by atoms with Gasteiger partial charge in [0.25, 0.3) is 0 Å². The van der Waals surface area contributed by atoms with Gasteiger partial charge in [-0.2, -0.15) is 5.26 Å². The maximum absolute atomic E-state index is 13.2. The minimum atomic E-state index is -0.442. The van der Waals surface area contributed by atoms with Crippen LogP contribution < -0.4 is 0 Å². The van der Waals surface area contributed by atoms with Crippen molar-refractivity contribution in [2.24, 2.45) is 0 Å². The standard InChI is InChI=1S/C13H8FNO/c14-12-6-9(8-15)5-11(7-12)10-1-3-13(16)4-2-10/h1-7,16H. The van der Waals surface area contributed by atoms with Crippen molar-refractivity contribution in [3.8, 4) is 22.9 Å². The van der Waals surface area contributed by atoms with Crippen molar-refractivity contribution in [2.45, 2.75) is 0 Å². The van der Waals surface area contributed by atoms with Gasteiger partial charge in [-0.05, 0) is 41.5 Å². The number of benzene rings is 2. The van der Waals surface area contributed by atoms with E-state index in [2.05, 4.69) is 0 Å². The van der Waals surface area contributed by atoms with Gasteiger partial charge in [-0.25, -0.2) is 4.39 Å². The van der Waals surface area contributed by atoms with E-state index in [4.69, 9.17) is 10.4 Å². The predicted molar refractivity (Wildman–Crippen MR) is 58.2 cm³/mol. The molecule has 0 radical (unpaired) electrons. The fourth-order valence-corrected chi connectivity index (χ4v) is 1.47. The second kappa shape index (κ2) is 4.03. The first-order valence-electron chi connectivity index (χ1n) is 4.69. The zero-order valence-corrected chi connectivity index (χ0v) is 8.31. The summed E-state index contributed by atoms with van der Waals surface area (Å²) in [6, 6.07) is 12.4. The molecule has 0 aliphatic rings. The summed E-state index contributed by atoms with van der Waals surface area (Å²) in [4.78, 5) is 0. The average Bonchev–Trinajstić information content (AvgIpc) is 2.29. The fourth-order valence-electron chi connectivity index (χ4n) is 1.47. The van der Waals surface area contributed by atoms with Gasteiger partial charge < -0.3 is 5.11 Å². The summed E-state index contributed by atoms with van der Waals surface area (Å²) in [7, 11) is 0. The molecule has 2 aromatic rings. The Morgan fingerprint density at radius 2 is 1.69 bits per heavy atom. The summed E-state index contributed by atoms with van der Waals surface area (Å²) in [5.74, 6) is -0.289. The molecule has 0 aliphatic heterocycles. The third-order valence-electron chi connectivity index (χ3n) is 2.23. The summed E-state index contributed by atoms with van der Waals surface area (Å²) in [6.45, 7) is 0. The van der Waals surface area contributed by atoms with E-state index in [0.29, 0.717) is 5.56 Å². The van der Waals surface area contributed by atoms with E-state index in [1.54, 1.807) is 18.2 Å². The monoisotopic (exact) mass is 213 g/mol. The maximum Gasteiger partial charge on any atom is 0.125 e. The van der Waals surface area contributed by atoms with Crippen LogP contribution in [0.3, 0.4) is 0 Å². The van der Waals surface area contributed by atoms with Gasteiger partial charge in [-0.1, -0.05) is 12.1 Å². The van der Waals surface area contributed by atoms with E-state index in [9.17, 15) is 4.39 Å². The van der Waals surface area contributed by atoms with Gasteiger partial charge >= 0.3 is 0 Å². The van der Waals surface area contributed by atoms with Crippen molar-refractivity contribution in [1.82, 2.24) is 0 Å². The zero-order chi connectivity index (χ0) is 11.5. The molecule has 0 aromatic heterocycles. The molecule has 3 heteroatoms. The summed E-state index contributed by atoms with van der Waals surface area (Å²) < 4.78 is 13.2. The molecular formula is C13H8FNO. The van der Waals surface area contributed by atoms with Crippen molar-refractivity contribution >= 4 is 0 Å². The van der Waals surface area contributed by atoms with Crippen LogP contribution >= 0.6 is 0 Å². The molecule has 2 aromatic carbocycles. The number of halogens is 1. The number of hydrogen-bond acceptors (Lipinski definition) is 2. The largest absolute Gasteiger partial charge is 0.508 e. The van der Waals surface area contributed by atoms with Gasteiger partial charge in [-0.15, -0.1) is 0 Å². The van der Waals surface area contributed by atoms with Gasteiger partial charge in [0.15, 0.2) is 0 Å². The second-order valence-electron chi connectivity index (χ2n) is 3.39. The van der Waals surface area contributed by atoms with Crippen LogP contribution in [0.2, 0.25) is 0 Å². The number of hydrogen-bond donors (Lipinski definition) is 1. The summed E-state index contributed by atoms with van der Waals surface area (Å²) in [5.41, 5.74) is 1.66. The molecule has 16 heavy (non-hydrogen) atoms. The number of phenolic OH excluding ortho intramolecular Hbond substituents is 1. The molecule has 0 heterocycles. The van der Waals surface area contributed by atoms with Crippen molar-refractivity contribution in [3.05, 3.63) is 53.8 Å². The number of nitrogens with zero attached hydrogens (tertiary/aromatic N) is 1. The Bertz CT molecular complexity index is 555. The molecule has 0 unspecified atom stereocenters. The molecule has 0 amide bonds. The van der Waals surface area contributed by atoms with Crippen LogP contribution in [-0.4, -0.2) is 5.11 Å². The van der Waals surface area contributed by atoms with Crippen LogP contribution in [0.1, 0.15) is 5.56 Å². The van der Waals surface area contributed by atoms with Crippen LogP contribution in [0, 0.1) is 17.1 Å². The molecule has 2 nitrogen and oxygen atoms in total. The minimum absolute atomic E-state index is 0.153. The molecule has 0 aliphatic carbocycles. The van der Waals surface area contributed by atoms with Crippen molar-refractivity contribution < 1.29 is 9.50 Å². The van der Waals surface area contributed by atoms with Crippen LogP contribution in [0.25, 0.3) is 11.1 Å². The van der Waals surface area contributed by atoms with Crippen molar-refractivity contribution in [3.63, 3.8) is 0 Å². The number of aromatic hydroxyl groups is 1. The highest BCUT2D eigenvalue weighted by atomic mass is 19.1. The van der Waals surface area contributed by atoms with Crippen LogP contribution in [-0.2, 0) is 0 Å². The topological polar surface area (TPSA) is 44.0 Å². The Kier molecular flexibility index (Phi) is 2.57. The molecule has 0 saturated carbocycles. The Hall–Kier alpha value is -2.34. The van der Waals surface area contributed by atoms with E-state index in [1.165, 1.54) is 24.3 Å². The molecule has 0 saturated heterocycles. The van der Waals surface area contributed by atoms with E-state index >= 15 is 0 Å². The summed E-state index contributed by atoms with van der Waals surface area (Å²) in [6.07, 6.45) is 0. The lowest BCUT2D eigenvalue weighted by Gasteiger charge is -2.02. The van der Waals surface area contributed by atoms with Gasteiger partial charge in [0.1, 0.15) is 11.6 Å². The van der Waals surface area contributed by atoms with Crippen molar-refractivity contribution in [1.29, 1.82) is 5.26 Å². The number of rotatable bonds is 1. The first-order valence-corrected chi connectivity index (χ1v) is 4.69. The Morgan fingerprint density at radius 1 is 1.00 bits per heavy atom. The lowest BCUT2D eigenvalue weighted by atomic mass is 10.0. The lowest BCUT2D eigenvalue weighted by molar-refractivity contribution is 0.475. The second-order valence-corrected chi connectivity index (χ2v) is 3.39. The van der Waals surface area contributed by atoms with Crippen molar-refractivity contribution in [2.75, 3.05) is 0 Å². The quantitative estimate of drug-likeness (QED) is 0.791. The van der Waals surface area contributed by atoms with E-state index in [0.717, 1.165) is 5.56 Å². The number of phenols is 1. The first kappa shape index (κ1) is 10.2. The maximum atomic E-state index is 13.2. The SMILES string of the molecule is N#Cc1cc(F)cc(-c2ccc(O)cc2)c1. The molecule has 1 N–H and O–H groups in total. The Balaban J connectivity index is 2.52. The molecular weight excluding hydrogens is 205 g/mol. The molecule has 0 bridgehead atoms. The average molecular weight is 213 g/mol. The molecule has 78 valence electrons. The van der Waals surface area contributed by atoms with Gasteiger partial charge in [0, 0.05) is 0 Å². The third kappa shape index (κ3) is 2.01. The van der Waals surface area contributed by atoms with E-state index in [1.807, 2.05) is 6.07 Å². The molecule has 0 atom stereocenters. The van der Waals surface area contributed by atoms with E-state index in [-0.39, 0.29) is 11.3 Å². The number of nitriles is 1.